The largest absolute Gasteiger partial charge is 0.333 e. The fourth-order valence-corrected chi connectivity index (χ4v) is 4.75. The first kappa shape index (κ1) is 12.9. The summed E-state index contributed by atoms with van der Waals surface area (Å²) in [5, 5.41) is 0. The van der Waals surface area contributed by atoms with Crippen LogP contribution in [-0.2, 0) is 13.1 Å². The third kappa shape index (κ3) is 1.47. The van der Waals surface area contributed by atoms with Gasteiger partial charge in [-0.05, 0) is 24.3 Å². The summed E-state index contributed by atoms with van der Waals surface area (Å²) in [4.78, 5) is 5.10. The van der Waals surface area contributed by atoms with E-state index in [9.17, 15) is 0 Å². The molecule has 119 valence electrons. The zero-order valence-electron chi connectivity index (χ0n) is 13.7. The molecule has 3 aromatic rings. The predicted octanol–water partition coefficient (Wildman–Crippen LogP) is 2.90. The zero-order chi connectivity index (χ0) is 15.7. The van der Waals surface area contributed by atoms with Crippen LogP contribution in [0, 0.1) is 6.17 Å². The van der Waals surface area contributed by atoms with Crippen molar-refractivity contribution >= 4 is 22.4 Å². The van der Waals surface area contributed by atoms with E-state index < -0.39 is 0 Å². The summed E-state index contributed by atoms with van der Waals surface area (Å²) >= 11 is 0. The van der Waals surface area contributed by atoms with Gasteiger partial charge in [-0.15, -0.1) is 0 Å². The number of hydrogen-bond donors (Lipinski definition) is 0. The Balaban J connectivity index is 1.69. The van der Waals surface area contributed by atoms with Crippen LogP contribution in [0.1, 0.15) is 18.7 Å². The Morgan fingerprint density at radius 1 is 0.750 bits per heavy atom. The van der Waals surface area contributed by atoms with Crippen molar-refractivity contribution in [3.8, 4) is 0 Å². The summed E-state index contributed by atoms with van der Waals surface area (Å²) in [6.45, 7) is 4.38. The SMILES string of the molecule is c1ccc2c(c1)N1CCCn3c4[n+](c5ccccc53)CCCN2[C]41. The van der Waals surface area contributed by atoms with Crippen LogP contribution in [0.15, 0.2) is 48.5 Å². The molecule has 0 bridgehead atoms. The first-order valence-corrected chi connectivity index (χ1v) is 8.96. The second kappa shape index (κ2) is 4.53. The van der Waals surface area contributed by atoms with Crippen LogP contribution in [0.4, 0.5) is 11.4 Å². The molecular formula is C20H20N4+. The summed E-state index contributed by atoms with van der Waals surface area (Å²) in [7, 11) is 0. The molecule has 4 nitrogen and oxygen atoms in total. The lowest BCUT2D eigenvalue weighted by Gasteiger charge is -2.25. The Morgan fingerprint density at radius 2 is 1.46 bits per heavy atom. The highest BCUT2D eigenvalue weighted by Gasteiger charge is 2.48. The molecule has 1 aromatic heterocycles. The first-order valence-electron chi connectivity index (χ1n) is 8.96. The maximum Gasteiger partial charge on any atom is 0.310 e. The van der Waals surface area contributed by atoms with E-state index >= 15 is 0 Å². The van der Waals surface area contributed by atoms with Gasteiger partial charge in [-0.2, -0.15) is 0 Å². The molecule has 0 unspecified atom stereocenters. The van der Waals surface area contributed by atoms with Crippen molar-refractivity contribution in [1.29, 1.82) is 0 Å². The van der Waals surface area contributed by atoms with Gasteiger partial charge in [0.2, 0.25) is 0 Å². The van der Waals surface area contributed by atoms with Crippen LogP contribution in [0.2, 0.25) is 0 Å². The topological polar surface area (TPSA) is 15.3 Å². The molecule has 4 heterocycles. The van der Waals surface area contributed by atoms with Crippen molar-refractivity contribution in [3.05, 3.63) is 60.5 Å². The van der Waals surface area contributed by atoms with Crippen molar-refractivity contribution in [2.75, 3.05) is 22.9 Å². The summed E-state index contributed by atoms with van der Waals surface area (Å²) < 4.78 is 5.10. The van der Waals surface area contributed by atoms with E-state index in [2.05, 4.69) is 67.5 Å². The quantitative estimate of drug-likeness (QED) is 0.593. The molecule has 24 heavy (non-hydrogen) atoms. The van der Waals surface area contributed by atoms with E-state index in [1.54, 1.807) is 0 Å². The van der Waals surface area contributed by atoms with Crippen LogP contribution < -0.4 is 14.4 Å². The minimum Gasteiger partial charge on any atom is -0.333 e. The highest BCUT2D eigenvalue weighted by Crippen LogP contribution is 2.47. The van der Waals surface area contributed by atoms with Crippen molar-refractivity contribution in [1.82, 2.24) is 4.57 Å². The third-order valence-corrected chi connectivity index (χ3v) is 5.68. The standard InChI is InChI=1S/C20H20N4/c1-2-8-16-15(7-1)21-11-5-13-23-17-9-3-4-10-18(17)24-14-6-12-22(16)19(21)20(23)24/h1-4,7-10H,5-6,11-14H2/q+1. The van der Waals surface area contributed by atoms with Gasteiger partial charge in [0.15, 0.2) is 11.0 Å². The minimum atomic E-state index is 1.10. The molecule has 0 spiro atoms. The summed E-state index contributed by atoms with van der Waals surface area (Å²) in [6, 6.07) is 17.8. The number of imidazole rings is 1. The molecule has 0 amide bonds. The van der Waals surface area contributed by atoms with E-state index in [-0.39, 0.29) is 0 Å². The van der Waals surface area contributed by atoms with Crippen LogP contribution in [0.3, 0.4) is 0 Å². The molecule has 0 N–H and O–H groups in total. The number of hydrogen-bond acceptors (Lipinski definition) is 2. The van der Waals surface area contributed by atoms with Gasteiger partial charge in [-0.1, -0.05) is 24.3 Å². The van der Waals surface area contributed by atoms with E-state index in [1.807, 2.05) is 0 Å². The van der Waals surface area contributed by atoms with E-state index in [4.69, 9.17) is 0 Å². The second-order valence-corrected chi connectivity index (χ2v) is 6.94. The van der Waals surface area contributed by atoms with Gasteiger partial charge in [0.1, 0.15) is 0 Å². The highest BCUT2D eigenvalue weighted by atomic mass is 15.5. The van der Waals surface area contributed by atoms with Crippen molar-refractivity contribution in [2.45, 2.75) is 25.9 Å². The van der Waals surface area contributed by atoms with Crippen molar-refractivity contribution < 1.29 is 4.57 Å². The highest BCUT2D eigenvalue weighted by molar-refractivity contribution is 5.83. The molecule has 3 aliphatic heterocycles. The normalized spacial score (nSPS) is 19.2. The molecule has 0 saturated heterocycles. The first-order chi connectivity index (χ1) is 11.9. The van der Waals surface area contributed by atoms with Gasteiger partial charge < -0.3 is 9.80 Å². The van der Waals surface area contributed by atoms with Crippen LogP contribution in [0.5, 0.6) is 0 Å². The minimum absolute atomic E-state index is 1.10. The summed E-state index contributed by atoms with van der Waals surface area (Å²) in [6.07, 6.45) is 3.75. The average Bonchev–Trinajstić information content (AvgIpc) is 2.91. The third-order valence-electron chi connectivity index (χ3n) is 5.68. The number of aryl methyl sites for hydroxylation is 2. The van der Waals surface area contributed by atoms with E-state index in [1.165, 1.54) is 47.2 Å². The molecule has 0 atom stereocenters. The summed E-state index contributed by atoms with van der Waals surface area (Å²) in [5.74, 6) is 1.39. The van der Waals surface area contributed by atoms with Crippen LogP contribution in [0.25, 0.3) is 11.0 Å². The smallest absolute Gasteiger partial charge is 0.310 e. The van der Waals surface area contributed by atoms with Gasteiger partial charge in [0.25, 0.3) is 6.17 Å². The lowest BCUT2D eigenvalue weighted by Crippen LogP contribution is -2.44. The molecule has 1 radical (unpaired) electrons. The molecule has 3 aliphatic rings. The van der Waals surface area contributed by atoms with Gasteiger partial charge in [-0.3, -0.25) is 0 Å². The Labute approximate surface area is 141 Å². The van der Waals surface area contributed by atoms with Gasteiger partial charge >= 0.3 is 5.82 Å². The fraction of sp³-hybridized carbons (Fsp3) is 0.300. The Kier molecular flexibility index (Phi) is 2.43. The Bertz CT molecular complexity index is 883. The molecular weight excluding hydrogens is 296 g/mol. The fourth-order valence-electron chi connectivity index (χ4n) is 4.75. The predicted molar refractivity (Wildman–Crippen MR) is 94.8 cm³/mol. The number of fused-ring (bicyclic) bond motifs is 6. The molecule has 0 aliphatic carbocycles. The number of para-hydroxylation sites is 4. The second-order valence-electron chi connectivity index (χ2n) is 6.94. The maximum absolute atomic E-state index is 2.55. The monoisotopic (exact) mass is 316 g/mol. The molecule has 6 rings (SSSR count). The Hall–Kier alpha value is -2.49. The number of aromatic nitrogens is 2. The van der Waals surface area contributed by atoms with E-state index in [0.717, 1.165) is 26.2 Å². The van der Waals surface area contributed by atoms with Crippen LogP contribution >= 0.6 is 0 Å². The van der Waals surface area contributed by atoms with Crippen molar-refractivity contribution in [3.63, 3.8) is 0 Å². The zero-order valence-corrected chi connectivity index (χ0v) is 13.7. The van der Waals surface area contributed by atoms with Crippen LogP contribution in [-0.4, -0.2) is 17.7 Å². The van der Waals surface area contributed by atoms with E-state index in [0.29, 0.717) is 0 Å². The lowest BCUT2D eigenvalue weighted by atomic mass is 10.2. The lowest BCUT2D eigenvalue weighted by molar-refractivity contribution is -0.676. The molecule has 0 fully saturated rings. The number of rotatable bonds is 0. The summed E-state index contributed by atoms with van der Waals surface area (Å²) in [5.41, 5.74) is 5.50. The van der Waals surface area contributed by atoms with Gasteiger partial charge in [0, 0.05) is 25.9 Å². The van der Waals surface area contributed by atoms with Gasteiger partial charge in [-0.25, -0.2) is 9.13 Å². The molecule has 2 aromatic carbocycles. The Morgan fingerprint density at radius 3 is 2.29 bits per heavy atom. The molecule has 4 heteroatoms. The van der Waals surface area contributed by atoms with Crippen molar-refractivity contribution in [2.24, 2.45) is 0 Å². The van der Waals surface area contributed by atoms with Gasteiger partial charge in [0.05, 0.1) is 24.5 Å². The average molecular weight is 316 g/mol. The molecule has 0 saturated carbocycles. The maximum atomic E-state index is 2.55. The number of nitrogens with zero attached hydrogens (tertiary/aromatic N) is 4. The number of benzene rings is 2. The number of anilines is 2.